The van der Waals surface area contributed by atoms with Gasteiger partial charge in [-0.05, 0) is 42.5 Å². The molecule has 3 rings (SSSR count). The van der Waals surface area contributed by atoms with E-state index in [1.54, 1.807) is 23.7 Å². The van der Waals surface area contributed by atoms with E-state index < -0.39 is 0 Å². The Kier molecular flexibility index (Phi) is 5.30. The molecule has 0 aliphatic carbocycles. The number of rotatable bonds is 6. The van der Waals surface area contributed by atoms with Gasteiger partial charge in [0, 0.05) is 36.4 Å². The van der Waals surface area contributed by atoms with Gasteiger partial charge in [0.1, 0.15) is 12.4 Å². The average Bonchev–Trinajstić information content (AvgIpc) is 3.14. The summed E-state index contributed by atoms with van der Waals surface area (Å²) in [5.41, 5.74) is 5.03. The van der Waals surface area contributed by atoms with Gasteiger partial charge < -0.3 is 15.0 Å². The fourth-order valence-corrected chi connectivity index (χ4v) is 2.78. The SMILES string of the molecule is CN(C)c1ccc(NC(=O)c2cccc(OCc3cscn3)c2)cc1. The van der Waals surface area contributed by atoms with Crippen LogP contribution in [0.5, 0.6) is 5.75 Å². The molecule has 0 atom stereocenters. The molecule has 128 valence electrons. The zero-order valence-corrected chi connectivity index (χ0v) is 14.9. The van der Waals surface area contributed by atoms with Crippen molar-refractivity contribution in [2.75, 3.05) is 24.3 Å². The predicted octanol–water partition coefficient (Wildman–Crippen LogP) is 4.04. The summed E-state index contributed by atoms with van der Waals surface area (Å²) < 4.78 is 5.69. The number of nitrogens with zero attached hydrogens (tertiary/aromatic N) is 2. The van der Waals surface area contributed by atoms with Crippen molar-refractivity contribution in [2.24, 2.45) is 0 Å². The van der Waals surface area contributed by atoms with Gasteiger partial charge in [-0.15, -0.1) is 11.3 Å². The third kappa shape index (κ3) is 4.58. The van der Waals surface area contributed by atoms with Gasteiger partial charge >= 0.3 is 0 Å². The molecule has 0 bridgehead atoms. The highest BCUT2D eigenvalue weighted by atomic mass is 32.1. The van der Waals surface area contributed by atoms with E-state index in [-0.39, 0.29) is 5.91 Å². The van der Waals surface area contributed by atoms with Crippen LogP contribution in [0.25, 0.3) is 0 Å². The number of nitrogens with one attached hydrogen (secondary N) is 1. The third-order valence-corrected chi connectivity index (χ3v) is 4.24. The number of aromatic nitrogens is 1. The minimum atomic E-state index is -0.170. The van der Waals surface area contributed by atoms with E-state index in [0.29, 0.717) is 17.9 Å². The smallest absolute Gasteiger partial charge is 0.255 e. The van der Waals surface area contributed by atoms with Gasteiger partial charge in [0.15, 0.2) is 0 Å². The van der Waals surface area contributed by atoms with E-state index in [1.165, 1.54) is 11.3 Å². The third-order valence-electron chi connectivity index (χ3n) is 3.61. The van der Waals surface area contributed by atoms with Gasteiger partial charge in [0.25, 0.3) is 5.91 Å². The minimum Gasteiger partial charge on any atom is -0.487 e. The van der Waals surface area contributed by atoms with Crippen molar-refractivity contribution in [1.82, 2.24) is 4.98 Å². The lowest BCUT2D eigenvalue weighted by atomic mass is 10.2. The van der Waals surface area contributed by atoms with Crippen LogP contribution in [-0.4, -0.2) is 25.0 Å². The molecule has 1 N–H and O–H groups in total. The summed E-state index contributed by atoms with van der Waals surface area (Å²) >= 11 is 1.53. The van der Waals surface area contributed by atoms with Crippen molar-refractivity contribution in [1.29, 1.82) is 0 Å². The van der Waals surface area contributed by atoms with Gasteiger partial charge in [0.2, 0.25) is 0 Å². The van der Waals surface area contributed by atoms with E-state index >= 15 is 0 Å². The first-order valence-corrected chi connectivity index (χ1v) is 8.75. The molecule has 0 unspecified atom stereocenters. The maximum Gasteiger partial charge on any atom is 0.255 e. The van der Waals surface area contributed by atoms with E-state index in [0.717, 1.165) is 17.1 Å². The molecule has 2 aromatic carbocycles. The molecule has 0 aliphatic heterocycles. The largest absolute Gasteiger partial charge is 0.487 e. The fraction of sp³-hybridized carbons (Fsp3) is 0.158. The summed E-state index contributed by atoms with van der Waals surface area (Å²) in [5, 5.41) is 4.84. The minimum absolute atomic E-state index is 0.170. The number of amides is 1. The molecule has 5 nitrogen and oxygen atoms in total. The Morgan fingerprint density at radius 3 is 2.68 bits per heavy atom. The average molecular weight is 353 g/mol. The summed E-state index contributed by atoms with van der Waals surface area (Å²) in [4.78, 5) is 18.6. The number of carbonyl (C=O) groups is 1. The van der Waals surface area contributed by atoms with Crippen LogP contribution in [0, 0.1) is 0 Å². The zero-order chi connectivity index (χ0) is 17.6. The number of hydrogen-bond acceptors (Lipinski definition) is 5. The second kappa shape index (κ2) is 7.81. The molecule has 1 aromatic heterocycles. The predicted molar refractivity (Wildman–Crippen MR) is 102 cm³/mol. The number of hydrogen-bond donors (Lipinski definition) is 1. The Hall–Kier alpha value is -2.86. The highest BCUT2D eigenvalue weighted by Gasteiger charge is 2.08. The van der Waals surface area contributed by atoms with Crippen LogP contribution >= 0.6 is 11.3 Å². The van der Waals surface area contributed by atoms with E-state index in [9.17, 15) is 4.79 Å². The molecule has 0 aliphatic rings. The second-order valence-electron chi connectivity index (χ2n) is 5.69. The lowest BCUT2D eigenvalue weighted by Crippen LogP contribution is -2.12. The molecule has 0 saturated heterocycles. The highest BCUT2D eigenvalue weighted by Crippen LogP contribution is 2.19. The van der Waals surface area contributed by atoms with E-state index in [4.69, 9.17) is 4.74 Å². The topological polar surface area (TPSA) is 54.5 Å². The monoisotopic (exact) mass is 353 g/mol. The molecule has 0 saturated carbocycles. The number of carbonyl (C=O) groups excluding carboxylic acids is 1. The molecule has 0 fully saturated rings. The molecule has 3 aromatic rings. The first-order valence-electron chi connectivity index (χ1n) is 7.80. The fourth-order valence-electron chi connectivity index (χ4n) is 2.24. The molecule has 0 spiro atoms. The van der Waals surface area contributed by atoms with Crippen LogP contribution in [0.3, 0.4) is 0 Å². The first kappa shape index (κ1) is 17.0. The molecular weight excluding hydrogens is 334 g/mol. The second-order valence-corrected chi connectivity index (χ2v) is 6.41. The summed E-state index contributed by atoms with van der Waals surface area (Å²) in [6.45, 7) is 0.389. The number of ether oxygens (including phenoxy) is 1. The Labute approximate surface area is 150 Å². The standard InChI is InChI=1S/C19H19N3O2S/c1-22(2)17-8-6-15(7-9-17)21-19(23)14-4-3-5-18(10-14)24-11-16-12-25-13-20-16/h3-10,12-13H,11H2,1-2H3,(H,21,23). The first-order chi connectivity index (χ1) is 12.1. The lowest BCUT2D eigenvalue weighted by Gasteiger charge is -2.13. The Balaban J connectivity index is 1.64. The van der Waals surface area contributed by atoms with Gasteiger partial charge in [-0.1, -0.05) is 6.07 Å². The lowest BCUT2D eigenvalue weighted by molar-refractivity contribution is 0.102. The van der Waals surface area contributed by atoms with Gasteiger partial charge in [-0.2, -0.15) is 0 Å². The summed E-state index contributed by atoms with van der Waals surface area (Å²) in [6.07, 6.45) is 0. The Morgan fingerprint density at radius 2 is 2.00 bits per heavy atom. The number of benzene rings is 2. The van der Waals surface area contributed by atoms with Crippen LogP contribution in [-0.2, 0) is 6.61 Å². The number of thiazole rings is 1. The molecule has 0 radical (unpaired) electrons. The van der Waals surface area contributed by atoms with Crippen LogP contribution in [0.15, 0.2) is 59.4 Å². The molecule has 6 heteroatoms. The summed E-state index contributed by atoms with van der Waals surface area (Å²) in [6, 6.07) is 14.8. The van der Waals surface area contributed by atoms with E-state index in [2.05, 4.69) is 10.3 Å². The van der Waals surface area contributed by atoms with E-state index in [1.807, 2.05) is 54.7 Å². The molecule has 25 heavy (non-hydrogen) atoms. The molecule has 1 heterocycles. The molecule has 1 amide bonds. The van der Waals surface area contributed by atoms with Crippen molar-refractivity contribution < 1.29 is 9.53 Å². The van der Waals surface area contributed by atoms with Crippen molar-refractivity contribution in [3.05, 3.63) is 70.7 Å². The Morgan fingerprint density at radius 1 is 1.20 bits per heavy atom. The summed E-state index contributed by atoms with van der Waals surface area (Å²) in [5.74, 6) is 0.473. The number of anilines is 2. The highest BCUT2D eigenvalue weighted by molar-refractivity contribution is 7.07. The quantitative estimate of drug-likeness (QED) is 0.727. The van der Waals surface area contributed by atoms with Gasteiger partial charge in [0.05, 0.1) is 11.2 Å². The van der Waals surface area contributed by atoms with Crippen LogP contribution in [0.2, 0.25) is 0 Å². The maximum atomic E-state index is 12.4. The Bertz CT molecular complexity index is 830. The van der Waals surface area contributed by atoms with Crippen molar-refractivity contribution >= 4 is 28.6 Å². The van der Waals surface area contributed by atoms with Crippen molar-refractivity contribution in [3.63, 3.8) is 0 Å². The van der Waals surface area contributed by atoms with Crippen LogP contribution < -0.4 is 15.0 Å². The molecular formula is C19H19N3O2S. The zero-order valence-electron chi connectivity index (χ0n) is 14.1. The van der Waals surface area contributed by atoms with Crippen molar-refractivity contribution in [3.8, 4) is 5.75 Å². The normalized spacial score (nSPS) is 10.3. The van der Waals surface area contributed by atoms with Gasteiger partial charge in [-0.3, -0.25) is 4.79 Å². The summed E-state index contributed by atoms with van der Waals surface area (Å²) in [7, 11) is 3.95. The van der Waals surface area contributed by atoms with Crippen LogP contribution in [0.4, 0.5) is 11.4 Å². The van der Waals surface area contributed by atoms with Gasteiger partial charge in [-0.25, -0.2) is 4.98 Å². The van der Waals surface area contributed by atoms with Crippen LogP contribution in [0.1, 0.15) is 16.1 Å². The maximum absolute atomic E-state index is 12.4. The van der Waals surface area contributed by atoms with Crippen molar-refractivity contribution in [2.45, 2.75) is 6.61 Å².